The van der Waals surface area contributed by atoms with E-state index in [9.17, 15) is 4.79 Å². The Morgan fingerprint density at radius 2 is 1.69 bits per heavy atom. The Morgan fingerprint density at radius 1 is 1.12 bits per heavy atom. The smallest absolute Gasteiger partial charge is 0.397 e. The molecule has 0 saturated heterocycles. The van der Waals surface area contributed by atoms with Crippen molar-refractivity contribution >= 4 is 18.7 Å². The maximum Gasteiger partial charge on any atom is 0.397 e. The summed E-state index contributed by atoms with van der Waals surface area (Å²) in [4.78, 5) is 25.5. The number of rotatable bonds is 0. The maximum atomic E-state index is 10.7. The first kappa shape index (κ1) is 12.6. The minimum absolute atomic E-state index is 0.302. The largest absolute Gasteiger partial charge is 0.423 e. The van der Waals surface area contributed by atoms with Crippen LogP contribution in [0.2, 0.25) is 0 Å². The molecule has 4 N–H and O–H groups in total. The zero-order valence-electron chi connectivity index (χ0n) is 8.11. The van der Waals surface area contributed by atoms with Gasteiger partial charge in [0.15, 0.2) is 0 Å². The lowest BCUT2D eigenvalue weighted by Gasteiger charge is -1.91. The fourth-order valence-electron chi connectivity index (χ4n) is 1.01. The summed E-state index contributed by atoms with van der Waals surface area (Å²) in [7, 11) is -4.14. The Hall–Kier alpha value is -1.46. The van der Waals surface area contributed by atoms with E-state index in [4.69, 9.17) is 18.8 Å². The number of benzene rings is 1. The van der Waals surface area contributed by atoms with E-state index < -0.39 is 7.75 Å². The van der Waals surface area contributed by atoms with Gasteiger partial charge in [-0.05, 0) is 12.1 Å². The van der Waals surface area contributed by atoms with E-state index in [1.54, 1.807) is 12.1 Å². The fraction of sp³-hybridized carbons (Fsp3) is 0. The molecular weight excluding hydrogens is 233 g/mol. The van der Waals surface area contributed by atoms with Gasteiger partial charge >= 0.3 is 13.4 Å². The molecule has 0 aliphatic carbocycles. The molecule has 1 heterocycles. The second-order valence-corrected chi connectivity index (χ2v) is 4.06. The second-order valence-electron chi connectivity index (χ2n) is 2.88. The van der Waals surface area contributed by atoms with E-state index in [-0.39, 0.29) is 5.63 Å². The maximum absolute atomic E-state index is 10.7. The molecule has 0 unspecified atom stereocenters. The third-order valence-corrected chi connectivity index (χ3v) is 1.53. The quantitative estimate of drug-likeness (QED) is 0.466. The van der Waals surface area contributed by atoms with Crippen LogP contribution in [0.1, 0.15) is 0 Å². The summed E-state index contributed by atoms with van der Waals surface area (Å²) in [5.41, 5.74) is 4.36. The third-order valence-electron chi connectivity index (χ3n) is 1.53. The summed E-state index contributed by atoms with van der Waals surface area (Å²) in [5, 5.41) is 0.951. The zero-order valence-corrected chi connectivity index (χ0v) is 9.00. The summed E-state index contributed by atoms with van der Waals surface area (Å²) >= 11 is 0. The highest BCUT2D eigenvalue weighted by Crippen LogP contribution is 2.20. The summed E-state index contributed by atoms with van der Waals surface area (Å²) in [6.07, 6.45) is 0. The van der Waals surface area contributed by atoms with Crippen LogP contribution in [-0.4, -0.2) is 9.79 Å². The first-order valence-electron chi connectivity index (χ1n) is 4.19. The van der Waals surface area contributed by atoms with Crippen molar-refractivity contribution in [2.24, 2.45) is 5.50 Å². The predicted octanol–water partition coefficient (Wildman–Crippen LogP) is 0.831. The molecule has 6 nitrogen and oxygen atoms in total. The minimum Gasteiger partial charge on any atom is -0.423 e. The molecule has 0 amide bonds. The molecule has 2 rings (SSSR count). The molecule has 0 aliphatic rings. The minimum atomic E-state index is -4.14. The highest BCUT2D eigenvalue weighted by molar-refractivity contribution is 7.49. The van der Waals surface area contributed by atoms with E-state index in [0.717, 1.165) is 5.39 Å². The molecule has 86 valence electrons. The molecule has 1 aromatic carbocycles. The molecule has 1 aromatic heterocycles. The Bertz CT molecular complexity index is 565. The van der Waals surface area contributed by atoms with Crippen molar-refractivity contribution in [1.29, 1.82) is 0 Å². The lowest BCUT2D eigenvalue weighted by Crippen LogP contribution is -1.93. The van der Waals surface area contributed by atoms with E-state index in [2.05, 4.69) is 5.50 Å². The van der Waals surface area contributed by atoms with Gasteiger partial charge in [0.25, 0.3) is 0 Å². The Labute approximate surface area is 90.5 Å². The van der Waals surface area contributed by atoms with E-state index in [1.165, 1.54) is 6.07 Å². The Morgan fingerprint density at radius 3 is 2.31 bits per heavy atom. The monoisotopic (exact) mass is 243 g/mol. The number of nitrogens with two attached hydrogens (primary N) is 1. The van der Waals surface area contributed by atoms with Gasteiger partial charge in [-0.1, -0.05) is 18.2 Å². The molecule has 0 aliphatic heterocycles. The molecule has 7 heteroatoms. The van der Waals surface area contributed by atoms with Gasteiger partial charge in [-0.2, -0.15) is 0 Å². The van der Waals surface area contributed by atoms with Crippen LogP contribution in [0.15, 0.2) is 45.6 Å². The van der Waals surface area contributed by atoms with Crippen molar-refractivity contribution < 1.29 is 18.8 Å². The summed E-state index contributed by atoms with van der Waals surface area (Å²) in [6.45, 7) is 0. The number of hydrogen-bond donors (Lipinski definition) is 3. The molecule has 0 saturated carbocycles. The van der Waals surface area contributed by atoms with Crippen LogP contribution in [-0.2, 0) is 4.57 Å². The van der Waals surface area contributed by atoms with Crippen LogP contribution >= 0.6 is 7.75 Å². The van der Waals surface area contributed by atoms with Crippen molar-refractivity contribution in [2.45, 2.75) is 0 Å². The van der Waals surface area contributed by atoms with Crippen molar-refractivity contribution in [3.63, 3.8) is 0 Å². The van der Waals surface area contributed by atoms with Crippen LogP contribution in [0.25, 0.3) is 11.0 Å². The van der Waals surface area contributed by atoms with Crippen LogP contribution < -0.4 is 11.1 Å². The van der Waals surface area contributed by atoms with Crippen LogP contribution in [0.3, 0.4) is 0 Å². The highest BCUT2D eigenvalue weighted by Gasteiger charge is 1.96. The first-order chi connectivity index (χ1) is 7.36. The molecule has 0 atom stereocenters. The van der Waals surface area contributed by atoms with Gasteiger partial charge in [-0.25, -0.2) is 14.9 Å². The van der Waals surface area contributed by atoms with Gasteiger partial charge in [0.2, 0.25) is 0 Å². The molecule has 0 bridgehead atoms. The molecular formula is C9H10NO5P. The molecule has 16 heavy (non-hydrogen) atoms. The zero-order chi connectivity index (χ0) is 12.2. The summed E-state index contributed by atoms with van der Waals surface area (Å²) in [6, 6.07) is 10.6. The van der Waals surface area contributed by atoms with Crippen molar-refractivity contribution in [2.75, 3.05) is 0 Å². The number of fused-ring (bicyclic) bond motifs is 1. The van der Waals surface area contributed by atoms with Crippen molar-refractivity contribution in [3.05, 3.63) is 46.8 Å². The number of para-hydroxylation sites is 1. The lowest BCUT2D eigenvalue weighted by molar-refractivity contribution is 0.374. The van der Waals surface area contributed by atoms with Crippen LogP contribution in [0.4, 0.5) is 0 Å². The van der Waals surface area contributed by atoms with E-state index >= 15 is 0 Å². The molecule has 2 aromatic rings. The second kappa shape index (κ2) is 5.05. The Balaban J connectivity index is 0.000000221. The standard InChI is InChI=1S/C9H6O2.H4NO3P/c10-9-6-5-7-3-1-2-4-8(7)11-9;1-5(2,3)4/h1-6H;(H4,1,2,3,4). The number of hydrogen-bond acceptors (Lipinski definition) is 3. The SMILES string of the molecule is NP(=O)(O)O.O=c1ccc2ccccc2o1. The van der Waals surface area contributed by atoms with Gasteiger partial charge in [-0.15, -0.1) is 0 Å². The third kappa shape index (κ3) is 4.86. The summed E-state index contributed by atoms with van der Waals surface area (Å²) in [5.74, 6) is 0. The van der Waals surface area contributed by atoms with Crippen molar-refractivity contribution in [1.82, 2.24) is 0 Å². The normalized spacial score (nSPS) is 10.7. The van der Waals surface area contributed by atoms with Gasteiger partial charge in [0.05, 0.1) is 0 Å². The highest BCUT2D eigenvalue weighted by atomic mass is 31.2. The molecule has 0 fully saturated rings. The Kier molecular flexibility index (Phi) is 3.98. The van der Waals surface area contributed by atoms with Gasteiger partial charge in [0.1, 0.15) is 5.58 Å². The van der Waals surface area contributed by atoms with Crippen molar-refractivity contribution in [3.8, 4) is 0 Å². The van der Waals surface area contributed by atoms with Gasteiger partial charge in [-0.3, -0.25) is 0 Å². The average Bonchev–Trinajstić information content (AvgIpc) is 2.15. The lowest BCUT2D eigenvalue weighted by atomic mass is 10.2. The fourth-order valence-corrected chi connectivity index (χ4v) is 1.01. The van der Waals surface area contributed by atoms with E-state index in [0.29, 0.717) is 5.58 Å². The molecule has 0 radical (unpaired) electrons. The average molecular weight is 243 g/mol. The summed E-state index contributed by atoms with van der Waals surface area (Å²) < 4.78 is 14.0. The van der Waals surface area contributed by atoms with E-state index in [1.807, 2.05) is 18.2 Å². The van der Waals surface area contributed by atoms with Crippen LogP contribution in [0, 0.1) is 0 Å². The van der Waals surface area contributed by atoms with Gasteiger partial charge in [0, 0.05) is 11.5 Å². The predicted molar refractivity (Wildman–Crippen MR) is 58.7 cm³/mol. The topological polar surface area (TPSA) is 114 Å². The van der Waals surface area contributed by atoms with Gasteiger partial charge < -0.3 is 14.2 Å². The first-order valence-corrected chi connectivity index (χ1v) is 5.87. The molecule has 0 spiro atoms. The van der Waals surface area contributed by atoms with Crippen LogP contribution in [0.5, 0.6) is 0 Å².